The summed E-state index contributed by atoms with van der Waals surface area (Å²) in [7, 11) is 0. The molecule has 120 valence electrons. The summed E-state index contributed by atoms with van der Waals surface area (Å²) in [5.41, 5.74) is 6.62. The van der Waals surface area contributed by atoms with Crippen molar-refractivity contribution in [3.05, 3.63) is 77.5 Å². The number of aromatic nitrogens is 1. The van der Waals surface area contributed by atoms with Crippen LogP contribution in [0.15, 0.2) is 60.7 Å². The minimum absolute atomic E-state index is 0.153. The molecule has 2 aromatic carbocycles. The van der Waals surface area contributed by atoms with Gasteiger partial charge in [0, 0.05) is 16.6 Å². The van der Waals surface area contributed by atoms with E-state index in [9.17, 15) is 0 Å². The Labute approximate surface area is 143 Å². The van der Waals surface area contributed by atoms with Gasteiger partial charge in [-0.05, 0) is 47.7 Å². The Kier molecular flexibility index (Phi) is 3.45. The molecule has 0 saturated carbocycles. The highest BCUT2D eigenvalue weighted by molar-refractivity contribution is 5.96. The Balaban J connectivity index is 2.09. The molecule has 24 heavy (non-hydrogen) atoms. The van der Waals surface area contributed by atoms with Gasteiger partial charge in [0.25, 0.3) is 0 Å². The minimum atomic E-state index is 0.153. The smallest absolute Gasteiger partial charge is 0.0541 e. The molecule has 0 spiro atoms. The second-order valence-electron chi connectivity index (χ2n) is 7.49. The van der Waals surface area contributed by atoms with Crippen LogP contribution in [-0.2, 0) is 5.41 Å². The Morgan fingerprint density at radius 1 is 0.875 bits per heavy atom. The second kappa shape index (κ2) is 5.52. The van der Waals surface area contributed by atoms with Crippen molar-refractivity contribution >= 4 is 23.1 Å². The number of hydrogen-bond donors (Lipinski definition) is 0. The lowest BCUT2D eigenvalue weighted by molar-refractivity contribution is 0.591. The molecule has 0 N–H and O–H groups in total. The van der Waals surface area contributed by atoms with Gasteiger partial charge in [-0.1, -0.05) is 63.3 Å². The summed E-state index contributed by atoms with van der Waals surface area (Å²) in [4.78, 5) is 0. The first-order chi connectivity index (χ1) is 11.6. The lowest BCUT2D eigenvalue weighted by Crippen LogP contribution is -2.10. The van der Waals surface area contributed by atoms with Crippen molar-refractivity contribution in [2.24, 2.45) is 0 Å². The van der Waals surface area contributed by atoms with Crippen LogP contribution >= 0.6 is 0 Å². The van der Waals surface area contributed by atoms with Gasteiger partial charge in [-0.25, -0.2) is 0 Å². The van der Waals surface area contributed by atoms with E-state index in [1.807, 2.05) is 0 Å². The van der Waals surface area contributed by atoms with Crippen LogP contribution in [0.25, 0.3) is 28.7 Å². The summed E-state index contributed by atoms with van der Waals surface area (Å²) in [6.45, 7) is 6.82. The predicted molar refractivity (Wildman–Crippen MR) is 105 cm³/mol. The molecule has 1 heterocycles. The van der Waals surface area contributed by atoms with Crippen molar-refractivity contribution in [1.29, 1.82) is 0 Å². The Bertz CT molecular complexity index is 947. The van der Waals surface area contributed by atoms with Crippen molar-refractivity contribution in [2.45, 2.75) is 32.6 Å². The van der Waals surface area contributed by atoms with Crippen molar-refractivity contribution in [3.63, 3.8) is 0 Å². The highest BCUT2D eigenvalue weighted by atomic mass is 15.0. The summed E-state index contributed by atoms with van der Waals surface area (Å²) >= 11 is 0. The Hall–Kier alpha value is -2.54. The third kappa shape index (κ3) is 2.41. The first kappa shape index (κ1) is 15.0. The Morgan fingerprint density at radius 2 is 1.62 bits per heavy atom. The average molecular weight is 313 g/mol. The van der Waals surface area contributed by atoms with Gasteiger partial charge in [0.05, 0.1) is 11.2 Å². The van der Waals surface area contributed by atoms with Crippen LogP contribution in [-0.4, -0.2) is 4.57 Å². The van der Waals surface area contributed by atoms with Gasteiger partial charge in [0.1, 0.15) is 0 Å². The van der Waals surface area contributed by atoms with Crippen molar-refractivity contribution < 1.29 is 0 Å². The van der Waals surface area contributed by atoms with Gasteiger partial charge in [-0.15, -0.1) is 0 Å². The van der Waals surface area contributed by atoms with E-state index in [1.54, 1.807) is 0 Å². The van der Waals surface area contributed by atoms with Crippen LogP contribution in [0.3, 0.4) is 0 Å². The topological polar surface area (TPSA) is 4.93 Å². The third-order valence-electron chi connectivity index (χ3n) is 4.76. The molecule has 1 nitrogen and oxygen atoms in total. The maximum Gasteiger partial charge on any atom is 0.0541 e. The maximum atomic E-state index is 2.38. The number of para-hydroxylation sites is 1. The third-order valence-corrected chi connectivity index (χ3v) is 4.76. The molecular formula is C23H23N. The second-order valence-corrected chi connectivity index (χ2v) is 7.49. The molecular weight excluding hydrogens is 290 g/mol. The molecule has 4 rings (SSSR count). The molecule has 0 radical (unpaired) electrons. The quantitative estimate of drug-likeness (QED) is 0.492. The normalized spacial score (nSPS) is 14.0. The minimum Gasteiger partial charge on any atom is -0.309 e. The van der Waals surface area contributed by atoms with E-state index in [0.29, 0.717) is 0 Å². The van der Waals surface area contributed by atoms with Crippen molar-refractivity contribution in [3.8, 4) is 5.69 Å². The first-order valence-corrected chi connectivity index (χ1v) is 8.63. The zero-order valence-electron chi connectivity index (χ0n) is 14.6. The largest absolute Gasteiger partial charge is 0.309 e. The summed E-state index contributed by atoms with van der Waals surface area (Å²) < 4.78 is 2.38. The monoisotopic (exact) mass is 313 g/mol. The lowest BCUT2D eigenvalue weighted by Gasteiger charge is -2.19. The lowest BCUT2D eigenvalue weighted by atomic mass is 9.86. The highest BCUT2D eigenvalue weighted by Gasteiger charge is 2.19. The zero-order chi connectivity index (χ0) is 16.7. The molecule has 1 aliphatic rings. The molecule has 0 unspecified atom stereocenters. The van der Waals surface area contributed by atoms with Gasteiger partial charge >= 0.3 is 0 Å². The fourth-order valence-corrected chi connectivity index (χ4v) is 3.44. The van der Waals surface area contributed by atoms with Crippen molar-refractivity contribution in [1.82, 2.24) is 4.57 Å². The fourth-order valence-electron chi connectivity index (χ4n) is 3.44. The van der Waals surface area contributed by atoms with E-state index < -0.39 is 0 Å². The van der Waals surface area contributed by atoms with Crippen LogP contribution in [0.5, 0.6) is 0 Å². The van der Waals surface area contributed by atoms with Gasteiger partial charge < -0.3 is 4.57 Å². The standard InChI is InChI=1S/C23H23N/c1-23(2,3)17-14-15-22-20(16-17)19-12-8-5-9-13-21(19)24(22)18-10-6-4-7-11-18/h4,6-16H,5H2,1-3H3. The van der Waals surface area contributed by atoms with E-state index in [0.717, 1.165) is 6.42 Å². The van der Waals surface area contributed by atoms with Crippen LogP contribution in [0.4, 0.5) is 0 Å². The molecule has 1 aliphatic carbocycles. The van der Waals surface area contributed by atoms with E-state index in [-0.39, 0.29) is 5.41 Å². The maximum absolute atomic E-state index is 2.38. The highest BCUT2D eigenvalue weighted by Crippen LogP contribution is 2.35. The van der Waals surface area contributed by atoms with Crippen LogP contribution in [0, 0.1) is 0 Å². The SMILES string of the molecule is CC(C)(C)c1ccc2c(c1)c1c(n2-c2ccccc2)C=CCC=C1. The number of rotatable bonds is 1. The fraction of sp³-hybridized carbons (Fsp3) is 0.217. The number of benzene rings is 2. The molecule has 3 aromatic rings. The molecule has 0 saturated heterocycles. The van der Waals surface area contributed by atoms with Gasteiger partial charge in [-0.3, -0.25) is 0 Å². The summed E-state index contributed by atoms with van der Waals surface area (Å²) in [6.07, 6.45) is 10.0. The molecule has 0 bridgehead atoms. The van der Waals surface area contributed by atoms with Gasteiger partial charge in [-0.2, -0.15) is 0 Å². The number of nitrogens with zero attached hydrogens (tertiary/aromatic N) is 1. The van der Waals surface area contributed by atoms with E-state index in [1.165, 1.54) is 33.4 Å². The van der Waals surface area contributed by atoms with Crippen LogP contribution < -0.4 is 0 Å². The molecule has 0 amide bonds. The molecule has 1 heteroatoms. The molecule has 0 fully saturated rings. The number of fused-ring (bicyclic) bond motifs is 3. The summed E-state index contributed by atoms with van der Waals surface area (Å²) in [6, 6.07) is 17.6. The molecule has 0 aliphatic heterocycles. The van der Waals surface area contributed by atoms with E-state index in [2.05, 4.69) is 98.2 Å². The summed E-state index contributed by atoms with van der Waals surface area (Å²) in [5, 5.41) is 1.34. The average Bonchev–Trinajstić information content (AvgIpc) is 2.71. The number of hydrogen-bond acceptors (Lipinski definition) is 0. The zero-order valence-corrected chi connectivity index (χ0v) is 14.6. The van der Waals surface area contributed by atoms with Gasteiger partial charge in [0.15, 0.2) is 0 Å². The molecule has 0 atom stereocenters. The van der Waals surface area contributed by atoms with E-state index >= 15 is 0 Å². The van der Waals surface area contributed by atoms with Crippen LogP contribution in [0.2, 0.25) is 0 Å². The van der Waals surface area contributed by atoms with Crippen molar-refractivity contribution in [2.75, 3.05) is 0 Å². The summed E-state index contributed by atoms with van der Waals surface area (Å²) in [5.74, 6) is 0. The predicted octanol–water partition coefficient (Wildman–Crippen LogP) is 6.36. The first-order valence-electron chi connectivity index (χ1n) is 8.63. The van der Waals surface area contributed by atoms with Crippen LogP contribution in [0.1, 0.15) is 44.0 Å². The number of allylic oxidation sites excluding steroid dienone is 2. The molecule has 1 aromatic heterocycles. The van der Waals surface area contributed by atoms with E-state index in [4.69, 9.17) is 0 Å². The van der Waals surface area contributed by atoms with Gasteiger partial charge in [0.2, 0.25) is 0 Å². The Morgan fingerprint density at radius 3 is 2.38 bits per heavy atom.